The Labute approximate surface area is 157 Å². The molecular formula is C20H22N2O5. The largest absolute Gasteiger partial charge is 0.497 e. The number of benzene rings is 2. The second kappa shape index (κ2) is 7.99. The van der Waals surface area contributed by atoms with Gasteiger partial charge in [0.15, 0.2) is 0 Å². The molecule has 1 aliphatic rings. The summed E-state index contributed by atoms with van der Waals surface area (Å²) < 4.78 is 15.8. The molecule has 3 rings (SSSR count). The van der Waals surface area contributed by atoms with Crippen molar-refractivity contribution in [2.75, 3.05) is 38.1 Å². The summed E-state index contributed by atoms with van der Waals surface area (Å²) in [5.41, 5.74) is 1.22. The Morgan fingerprint density at radius 1 is 1.04 bits per heavy atom. The number of hydrogen-bond acceptors (Lipinski definition) is 5. The number of carbonyl (C=O) groups is 2. The topological polar surface area (TPSA) is 77.1 Å². The second-order valence-corrected chi connectivity index (χ2v) is 6.16. The van der Waals surface area contributed by atoms with Gasteiger partial charge in [0.05, 0.1) is 32.9 Å². The number of methoxy groups -OCH3 is 3. The van der Waals surface area contributed by atoms with Gasteiger partial charge < -0.3 is 24.4 Å². The van der Waals surface area contributed by atoms with Crippen LogP contribution in [0.25, 0.3) is 0 Å². The van der Waals surface area contributed by atoms with Crippen LogP contribution < -0.4 is 24.4 Å². The molecule has 0 spiro atoms. The van der Waals surface area contributed by atoms with Crippen molar-refractivity contribution in [3.05, 3.63) is 42.5 Å². The van der Waals surface area contributed by atoms with Crippen molar-refractivity contribution in [3.8, 4) is 17.2 Å². The van der Waals surface area contributed by atoms with Crippen molar-refractivity contribution in [3.63, 3.8) is 0 Å². The number of amides is 2. The van der Waals surface area contributed by atoms with E-state index in [9.17, 15) is 9.59 Å². The average molecular weight is 370 g/mol. The Bertz CT molecular complexity index is 852. The second-order valence-electron chi connectivity index (χ2n) is 6.16. The molecule has 2 aromatic carbocycles. The van der Waals surface area contributed by atoms with Gasteiger partial charge in [0, 0.05) is 30.8 Å². The number of anilines is 2. The maximum absolute atomic E-state index is 12.6. The minimum Gasteiger partial charge on any atom is -0.497 e. The van der Waals surface area contributed by atoms with Crippen molar-refractivity contribution >= 4 is 23.2 Å². The summed E-state index contributed by atoms with van der Waals surface area (Å²) in [5, 5.41) is 2.85. The molecule has 2 aromatic rings. The minimum atomic E-state index is -0.459. The van der Waals surface area contributed by atoms with E-state index in [-0.39, 0.29) is 24.8 Å². The van der Waals surface area contributed by atoms with Crippen LogP contribution in [0.3, 0.4) is 0 Å². The van der Waals surface area contributed by atoms with Crippen LogP contribution in [0, 0.1) is 5.92 Å². The van der Waals surface area contributed by atoms with Crippen molar-refractivity contribution in [1.29, 1.82) is 0 Å². The molecule has 0 aromatic heterocycles. The van der Waals surface area contributed by atoms with E-state index < -0.39 is 5.92 Å². The van der Waals surface area contributed by atoms with Crippen LogP contribution in [0.2, 0.25) is 0 Å². The van der Waals surface area contributed by atoms with Crippen LogP contribution in [-0.4, -0.2) is 39.7 Å². The monoisotopic (exact) mass is 370 g/mol. The summed E-state index contributed by atoms with van der Waals surface area (Å²) in [6.45, 7) is 0.276. The maximum Gasteiger partial charge on any atom is 0.229 e. The highest BCUT2D eigenvalue weighted by Crippen LogP contribution is 2.36. The van der Waals surface area contributed by atoms with Gasteiger partial charge in [0.2, 0.25) is 11.8 Å². The zero-order valence-corrected chi connectivity index (χ0v) is 15.5. The molecule has 1 aliphatic heterocycles. The number of ether oxygens (including phenoxy) is 3. The van der Waals surface area contributed by atoms with Crippen molar-refractivity contribution < 1.29 is 23.8 Å². The van der Waals surface area contributed by atoms with E-state index in [1.807, 2.05) is 0 Å². The molecule has 7 heteroatoms. The SMILES string of the molecule is COc1cccc(NC(=O)C2CC(=O)N(c3cc(OC)ccc3OC)C2)c1. The third kappa shape index (κ3) is 3.97. The highest BCUT2D eigenvalue weighted by Gasteiger charge is 2.36. The van der Waals surface area contributed by atoms with Crippen LogP contribution in [0.15, 0.2) is 42.5 Å². The standard InChI is InChI=1S/C20H22N2O5/c1-25-15-6-4-5-14(10-15)21-20(24)13-9-19(23)22(12-13)17-11-16(26-2)7-8-18(17)27-3/h4-8,10-11,13H,9,12H2,1-3H3,(H,21,24). The Morgan fingerprint density at radius 2 is 1.78 bits per heavy atom. The van der Waals surface area contributed by atoms with Gasteiger partial charge in [-0.15, -0.1) is 0 Å². The van der Waals surface area contributed by atoms with Crippen molar-refractivity contribution in [2.24, 2.45) is 5.92 Å². The summed E-state index contributed by atoms with van der Waals surface area (Å²) in [6.07, 6.45) is 0.135. The molecule has 1 heterocycles. The Hall–Kier alpha value is -3.22. The molecule has 2 amide bonds. The van der Waals surface area contributed by atoms with Crippen LogP contribution in [0.1, 0.15) is 6.42 Å². The summed E-state index contributed by atoms with van der Waals surface area (Å²) in [6, 6.07) is 12.3. The fourth-order valence-corrected chi connectivity index (χ4v) is 3.07. The molecule has 0 saturated carbocycles. The first-order chi connectivity index (χ1) is 13.0. The molecule has 0 radical (unpaired) electrons. The van der Waals surface area contributed by atoms with Crippen molar-refractivity contribution in [2.45, 2.75) is 6.42 Å². The molecule has 1 fully saturated rings. The quantitative estimate of drug-likeness (QED) is 0.846. The van der Waals surface area contributed by atoms with Crippen molar-refractivity contribution in [1.82, 2.24) is 0 Å². The van der Waals surface area contributed by atoms with Gasteiger partial charge in [-0.2, -0.15) is 0 Å². The maximum atomic E-state index is 12.6. The number of nitrogens with zero attached hydrogens (tertiary/aromatic N) is 1. The summed E-state index contributed by atoms with van der Waals surface area (Å²) >= 11 is 0. The van der Waals surface area contributed by atoms with E-state index in [0.29, 0.717) is 28.6 Å². The fourth-order valence-electron chi connectivity index (χ4n) is 3.07. The number of hydrogen-bond donors (Lipinski definition) is 1. The van der Waals surface area contributed by atoms with Crippen LogP contribution in [0.5, 0.6) is 17.2 Å². The molecule has 0 aliphatic carbocycles. The summed E-state index contributed by atoms with van der Waals surface area (Å²) in [5.74, 6) is 1.02. The molecule has 27 heavy (non-hydrogen) atoms. The van der Waals surface area contributed by atoms with E-state index >= 15 is 0 Å². The molecule has 0 bridgehead atoms. The van der Waals surface area contributed by atoms with E-state index in [2.05, 4.69) is 5.32 Å². The summed E-state index contributed by atoms with van der Waals surface area (Å²) in [7, 11) is 4.66. The van der Waals surface area contributed by atoms with Gasteiger partial charge in [-0.3, -0.25) is 9.59 Å². The number of rotatable bonds is 6. The van der Waals surface area contributed by atoms with Gasteiger partial charge in [0.1, 0.15) is 17.2 Å². The van der Waals surface area contributed by atoms with E-state index in [1.165, 1.54) is 0 Å². The smallest absolute Gasteiger partial charge is 0.229 e. The average Bonchev–Trinajstić information content (AvgIpc) is 3.09. The third-order valence-electron chi connectivity index (χ3n) is 4.51. The first kappa shape index (κ1) is 18.6. The molecule has 7 nitrogen and oxygen atoms in total. The lowest BCUT2D eigenvalue weighted by atomic mass is 10.1. The molecule has 1 N–H and O–H groups in total. The van der Waals surface area contributed by atoms with E-state index in [4.69, 9.17) is 14.2 Å². The highest BCUT2D eigenvalue weighted by atomic mass is 16.5. The molecule has 1 unspecified atom stereocenters. The first-order valence-electron chi connectivity index (χ1n) is 8.53. The van der Waals surface area contributed by atoms with Gasteiger partial charge in [0.25, 0.3) is 0 Å². The highest BCUT2D eigenvalue weighted by molar-refractivity contribution is 6.04. The predicted octanol–water partition coefficient (Wildman–Crippen LogP) is 2.70. The third-order valence-corrected chi connectivity index (χ3v) is 4.51. The molecule has 142 valence electrons. The lowest BCUT2D eigenvalue weighted by Crippen LogP contribution is -2.28. The molecule has 1 saturated heterocycles. The molecular weight excluding hydrogens is 348 g/mol. The van der Waals surface area contributed by atoms with Crippen LogP contribution in [-0.2, 0) is 9.59 Å². The fraction of sp³-hybridized carbons (Fsp3) is 0.300. The van der Waals surface area contributed by atoms with Crippen LogP contribution in [0.4, 0.5) is 11.4 Å². The van der Waals surface area contributed by atoms with E-state index in [1.54, 1.807) is 68.7 Å². The van der Waals surface area contributed by atoms with Gasteiger partial charge in [-0.05, 0) is 24.3 Å². The van der Waals surface area contributed by atoms with Gasteiger partial charge >= 0.3 is 0 Å². The number of nitrogens with one attached hydrogen (secondary N) is 1. The normalized spacial score (nSPS) is 16.2. The van der Waals surface area contributed by atoms with Gasteiger partial charge in [-0.1, -0.05) is 6.07 Å². The van der Waals surface area contributed by atoms with E-state index in [0.717, 1.165) is 0 Å². The Kier molecular flexibility index (Phi) is 5.49. The number of carbonyl (C=O) groups excluding carboxylic acids is 2. The summed E-state index contributed by atoms with van der Waals surface area (Å²) in [4.78, 5) is 26.7. The zero-order valence-electron chi connectivity index (χ0n) is 15.5. The Morgan fingerprint density at radius 3 is 2.48 bits per heavy atom. The van der Waals surface area contributed by atoms with Crippen LogP contribution >= 0.6 is 0 Å². The predicted molar refractivity (Wildman–Crippen MR) is 102 cm³/mol. The first-order valence-corrected chi connectivity index (χ1v) is 8.53. The van der Waals surface area contributed by atoms with Gasteiger partial charge in [-0.25, -0.2) is 0 Å². The lowest BCUT2D eigenvalue weighted by molar-refractivity contribution is -0.122. The molecule has 1 atom stereocenters. The lowest BCUT2D eigenvalue weighted by Gasteiger charge is -2.20. The Balaban J connectivity index is 1.76. The zero-order chi connectivity index (χ0) is 19.4. The minimum absolute atomic E-state index is 0.132.